The fourth-order valence-corrected chi connectivity index (χ4v) is 2.92. The topological polar surface area (TPSA) is 99.2 Å². The zero-order chi connectivity index (χ0) is 22.2. The van der Waals surface area contributed by atoms with E-state index in [0.717, 1.165) is 10.5 Å². The Morgan fingerprint density at radius 1 is 1.00 bits per heavy atom. The van der Waals surface area contributed by atoms with E-state index in [1.54, 1.807) is 30.3 Å². The number of fused-ring (bicyclic) bond motifs is 1. The highest BCUT2D eigenvalue weighted by atomic mass is 16.7. The minimum atomic E-state index is -0.638. The Labute approximate surface area is 178 Å². The quantitative estimate of drug-likeness (QED) is 0.111. The van der Waals surface area contributed by atoms with Crippen LogP contribution >= 0.6 is 0 Å². The fraction of sp³-hybridized carbons (Fsp3) is 0.130. The number of carbonyl (C=O) groups excluding carboxylic acids is 4. The summed E-state index contributed by atoms with van der Waals surface area (Å²) in [6.07, 6.45) is 4.84. The predicted molar refractivity (Wildman–Crippen MR) is 112 cm³/mol. The normalized spacial score (nSPS) is 12.7. The smallest absolute Gasteiger partial charge is 0.338 e. The summed E-state index contributed by atoms with van der Waals surface area (Å²) in [5.74, 6) is -1.65. The van der Waals surface area contributed by atoms with Crippen LogP contribution in [0.4, 0.5) is 5.69 Å². The highest BCUT2D eigenvalue weighted by Gasteiger charge is 2.37. The van der Waals surface area contributed by atoms with Crippen molar-refractivity contribution in [1.29, 1.82) is 0 Å². The molecule has 1 heterocycles. The third-order valence-corrected chi connectivity index (χ3v) is 4.37. The fourth-order valence-electron chi connectivity index (χ4n) is 2.92. The number of rotatable bonds is 10. The average molecular weight is 421 g/mol. The summed E-state index contributed by atoms with van der Waals surface area (Å²) >= 11 is 0. The second kappa shape index (κ2) is 10.1. The Balaban J connectivity index is 1.70. The molecule has 8 nitrogen and oxygen atoms in total. The van der Waals surface area contributed by atoms with Crippen LogP contribution in [0.25, 0.3) is 6.08 Å². The Hall–Kier alpha value is -4.04. The lowest BCUT2D eigenvalue weighted by molar-refractivity contribution is -0.104. The van der Waals surface area contributed by atoms with Crippen molar-refractivity contribution in [1.82, 2.24) is 0 Å². The van der Waals surface area contributed by atoms with E-state index >= 15 is 0 Å². The summed E-state index contributed by atoms with van der Waals surface area (Å²) in [7, 11) is 0. The summed E-state index contributed by atoms with van der Waals surface area (Å²) in [5.41, 5.74) is 1.62. The molecule has 0 spiro atoms. The molecule has 2 amide bonds. The summed E-state index contributed by atoms with van der Waals surface area (Å²) < 4.78 is 14.9. The van der Waals surface area contributed by atoms with Crippen molar-refractivity contribution in [2.45, 2.75) is 0 Å². The molecule has 0 atom stereocenters. The minimum Gasteiger partial charge on any atom is -0.476 e. The van der Waals surface area contributed by atoms with Crippen molar-refractivity contribution in [3.63, 3.8) is 0 Å². The SMILES string of the molecule is C=COCOCCOC(=O)c1ccc2c(c1)C(=O)N(c1ccc(C=CC=O)cc1)C2=O. The van der Waals surface area contributed by atoms with E-state index in [1.807, 2.05) is 0 Å². The van der Waals surface area contributed by atoms with Gasteiger partial charge in [-0.25, -0.2) is 9.69 Å². The van der Waals surface area contributed by atoms with Crippen LogP contribution in [0.5, 0.6) is 0 Å². The zero-order valence-corrected chi connectivity index (χ0v) is 16.5. The monoisotopic (exact) mass is 421 g/mol. The van der Waals surface area contributed by atoms with Crippen molar-refractivity contribution in [2.24, 2.45) is 0 Å². The summed E-state index contributed by atoms with van der Waals surface area (Å²) in [6.45, 7) is 3.50. The molecule has 8 heteroatoms. The molecule has 1 aliphatic heterocycles. The number of hydrogen-bond acceptors (Lipinski definition) is 7. The highest BCUT2D eigenvalue weighted by molar-refractivity contribution is 6.34. The number of ether oxygens (including phenoxy) is 3. The lowest BCUT2D eigenvalue weighted by Crippen LogP contribution is -2.29. The van der Waals surface area contributed by atoms with Crippen LogP contribution in [0.3, 0.4) is 0 Å². The molecule has 0 saturated carbocycles. The number of benzene rings is 2. The van der Waals surface area contributed by atoms with Crippen molar-refractivity contribution >= 4 is 35.8 Å². The van der Waals surface area contributed by atoms with E-state index in [0.29, 0.717) is 12.0 Å². The van der Waals surface area contributed by atoms with E-state index in [2.05, 4.69) is 6.58 Å². The molecule has 0 N–H and O–H groups in total. The molecule has 0 saturated heterocycles. The first-order chi connectivity index (χ1) is 15.1. The van der Waals surface area contributed by atoms with E-state index < -0.39 is 17.8 Å². The first kappa shape index (κ1) is 21.7. The number of esters is 1. The number of hydrogen-bond donors (Lipinski definition) is 0. The van der Waals surface area contributed by atoms with Gasteiger partial charge in [-0.15, -0.1) is 0 Å². The van der Waals surface area contributed by atoms with Gasteiger partial charge in [-0.2, -0.15) is 0 Å². The number of anilines is 1. The van der Waals surface area contributed by atoms with Gasteiger partial charge >= 0.3 is 5.97 Å². The van der Waals surface area contributed by atoms with Gasteiger partial charge in [-0.1, -0.05) is 24.8 Å². The summed E-state index contributed by atoms with van der Waals surface area (Å²) in [5, 5.41) is 0. The van der Waals surface area contributed by atoms with Crippen LogP contribution in [0, 0.1) is 0 Å². The Kier molecular flexibility index (Phi) is 7.08. The third-order valence-electron chi connectivity index (χ3n) is 4.37. The van der Waals surface area contributed by atoms with Crippen molar-refractivity contribution < 1.29 is 33.4 Å². The maximum Gasteiger partial charge on any atom is 0.338 e. The molecule has 2 aromatic carbocycles. The van der Waals surface area contributed by atoms with Gasteiger partial charge in [-0.05, 0) is 42.0 Å². The van der Waals surface area contributed by atoms with Crippen LogP contribution in [0.15, 0.2) is 61.4 Å². The molecule has 0 radical (unpaired) electrons. The maximum absolute atomic E-state index is 12.9. The van der Waals surface area contributed by atoms with Crippen molar-refractivity contribution in [2.75, 3.05) is 24.9 Å². The van der Waals surface area contributed by atoms with E-state index in [1.165, 1.54) is 30.5 Å². The molecule has 31 heavy (non-hydrogen) atoms. The Morgan fingerprint density at radius 3 is 2.45 bits per heavy atom. The van der Waals surface area contributed by atoms with Crippen LogP contribution < -0.4 is 4.90 Å². The molecular formula is C23H19NO7. The molecule has 3 rings (SSSR count). The number of aldehydes is 1. The first-order valence-corrected chi connectivity index (χ1v) is 9.29. The zero-order valence-electron chi connectivity index (χ0n) is 16.5. The van der Waals surface area contributed by atoms with E-state index in [9.17, 15) is 19.2 Å². The maximum atomic E-state index is 12.9. The van der Waals surface area contributed by atoms with Gasteiger partial charge in [0.25, 0.3) is 11.8 Å². The van der Waals surface area contributed by atoms with Crippen molar-refractivity contribution in [3.05, 3.63) is 83.6 Å². The first-order valence-electron chi connectivity index (χ1n) is 9.29. The summed E-state index contributed by atoms with van der Waals surface area (Å²) in [6, 6.07) is 10.8. The molecule has 0 aromatic heterocycles. The summed E-state index contributed by atoms with van der Waals surface area (Å²) in [4.78, 5) is 49.3. The number of amides is 2. The highest BCUT2D eigenvalue weighted by Crippen LogP contribution is 2.29. The van der Waals surface area contributed by atoms with Crippen molar-refractivity contribution in [3.8, 4) is 0 Å². The molecule has 158 valence electrons. The van der Waals surface area contributed by atoms with E-state index in [-0.39, 0.29) is 36.7 Å². The Morgan fingerprint density at radius 2 is 1.74 bits per heavy atom. The van der Waals surface area contributed by atoms with Gasteiger partial charge in [-0.3, -0.25) is 14.4 Å². The standard InChI is InChI=1S/C23H19NO7/c1-2-29-15-30-12-13-31-23(28)17-7-10-19-20(14-17)22(27)24(21(19)26)18-8-5-16(6-9-18)4-3-11-25/h2-11,14H,1,12-13,15H2. The lowest BCUT2D eigenvalue weighted by Gasteiger charge is -2.13. The third kappa shape index (κ3) is 4.93. The van der Waals surface area contributed by atoms with Crippen LogP contribution in [0.1, 0.15) is 36.6 Å². The van der Waals surface area contributed by atoms with Crippen LogP contribution in [-0.4, -0.2) is 44.1 Å². The van der Waals surface area contributed by atoms with Gasteiger partial charge in [0.15, 0.2) is 6.79 Å². The van der Waals surface area contributed by atoms with Crippen LogP contribution in [0.2, 0.25) is 0 Å². The lowest BCUT2D eigenvalue weighted by atomic mass is 10.1. The molecule has 1 aliphatic rings. The number of allylic oxidation sites excluding steroid dienone is 1. The minimum absolute atomic E-state index is 0.000319. The largest absolute Gasteiger partial charge is 0.476 e. The van der Waals surface area contributed by atoms with Gasteiger partial charge in [0.05, 0.1) is 35.2 Å². The molecule has 0 bridgehead atoms. The molecule has 0 unspecified atom stereocenters. The number of carbonyl (C=O) groups is 4. The molecule has 0 aliphatic carbocycles. The molecular weight excluding hydrogens is 402 g/mol. The van der Waals surface area contributed by atoms with Gasteiger partial charge in [0, 0.05) is 0 Å². The van der Waals surface area contributed by atoms with Crippen LogP contribution in [-0.2, 0) is 19.0 Å². The molecule has 0 fully saturated rings. The van der Waals surface area contributed by atoms with Gasteiger partial charge in [0.1, 0.15) is 12.9 Å². The number of nitrogens with zero attached hydrogens (tertiary/aromatic N) is 1. The average Bonchev–Trinajstić information content (AvgIpc) is 3.04. The second-order valence-corrected chi connectivity index (χ2v) is 6.29. The molecule has 2 aromatic rings. The predicted octanol–water partition coefficient (Wildman–Crippen LogP) is 2.99. The van der Waals surface area contributed by atoms with Gasteiger partial charge in [0.2, 0.25) is 0 Å². The second-order valence-electron chi connectivity index (χ2n) is 6.29. The Bertz CT molecular complexity index is 1040. The van der Waals surface area contributed by atoms with Gasteiger partial charge < -0.3 is 14.2 Å². The van der Waals surface area contributed by atoms with E-state index in [4.69, 9.17) is 14.2 Å². The number of imide groups is 1.